The molecule has 0 heterocycles. The molecule has 0 rings (SSSR count). The Kier molecular flexibility index (Phi) is 5.09. The van der Waals surface area contributed by atoms with Gasteiger partial charge in [-0.25, -0.2) is 0 Å². The summed E-state index contributed by atoms with van der Waals surface area (Å²) in [4.78, 5) is 0. The van der Waals surface area contributed by atoms with Gasteiger partial charge in [-0.2, -0.15) is 0 Å². The Hall–Kier alpha value is -0.490. The standard InChI is InChI=1S/C8H18N2O3/c1-4(2)6(10)8(13)7(12)5(11)3-9/h4-5,7-8,10-13H,3,9H2,1-2H3/t5?,7?,8-/m1/s1. The summed E-state index contributed by atoms with van der Waals surface area (Å²) in [6, 6.07) is 0. The maximum absolute atomic E-state index is 9.37. The van der Waals surface area contributed by atoms with Gasteiger partial charge in [-0.3, -0.25) is 0 Å². The fourth-order valence-electron chi connectivity index (χ4n) is 0.875. The summed E-state index contributed by atoms with van der Waals surface area (Å²) in [5.41, 5.74) is 5.10. The van der Waals surface area contributed by atoms with Gasteiger partial charge >= 0.3 is 0 Å². The summed E-state index contributed by atoms with van der Waals surface area (Å²) in [5, 5.41) is 35.1. The summed E-state index contributed by atoms with van der Waals surface area (Å²) in [6.45, 7) is 3.32. The van der Waals surface area contributed by atoms with E-state index in [0.717, 1.165) is 0 Å². The van der Waals surface area contributed by atoms with Crippen molar-refractivity contribution >= 4 is 5.71 Å². The van der Waals surface area contributed by atoms with E-state index in [0.29, 0.717) is 0 Å². The van der Waals surface area contributed by atoms with E-state index in [1.807, 2.05) is 0 Å². The molecule has 5 nitrogen and oxygen atoms in total. The molecule has 3 atom stereocenters. The molecular weight excluding hydrogens is 172 g/mol. The van der Waals surface area contributed by atoms with Crippen molar-refractivity contribution < 1.29 is 15.3 Å². The van der Waals surface area contributed by atoms with E-state index in [1.54, 1.807) is 13.8 Å². The normalized spacial score (nSPS) is 18.4. The van der Waals surface area contributed by atoms with Gasteiger partial charge in [0.2, 0.25) is 0 Å². The first-order chi connectivity index (χ1) is 5.91. The summed E-state index contributed by atoms with van der Waals surface area (Å²) in [6.07, 6.45) is -3.90. The Balaban J connectivity index is 4.24. The Bertz CT molecular complexity index is 173. The number of aliphatic hydroxyl groups is 3. The first-order valence-electron chi connectivity index (χ1n) is 4.24. The summed E-state index contributed by atoms with van der Waals surface area (Å²) >= 11 is 0. The highest BCUT2D eigenvalue weighted by atomic mass is 16.4. The zero-order valence-corrected chi connectivity index (χ0v) is 7.94. The molecule has 13 heavy (non-hydrogen) atoms. The quantitative estimate of drug-likeness (QED) is 0.347. The van der Waals surface area contributed by atoms with Gasteiger partial charge < -0.3 is 26.5 Å². The summed E-state index contributed by atoms with van der Waals surface area (Å²) in [5.74, 6) is -0.158. The minimum Gasteiger partial charge on any atom is -0.389 e. The third kappa shape index (κ3) is 3.40. The average Bonchev–Trinajstić information content (AvgIpc) is 2.12. The Morgan fingerprint density at radius 3 is 2.08 bits per heavy atom. The highest BCUT2D eigenvalue weighted by molar-refractivity contribution is 5.87. The van der Waals surface area contributed by atoms with Crippen LogP contribution in [0.5, 0.6) is 0 Å². The topological polar surface area (TPSA) is 111 Å². The molecule has 0 aliphatic carbocycles. The molecule has 0 spiro atoms. The van der Waals surface area contributed by atoms with Crippen molar-refractivity contribution in [1.29, 1.82) is 5.41 Å². The lowest BCUT2D eigenvalue weighted by Gasteiger charge is -2.23. The summed E-state index contributed by atoms with van der Waals surface area (Å²) in [7, 11) is 0. The maximum atomic E-state index is 9.37. The van der Waals surface area contributed by atoms with Gasteiger partial charge in [0.1, 0.15) is 12.2 Å². The first-order valence-corrected chi connectivity index (χ1v) is 4.24. The number of aliphatic hydroxyl groups excluding tert-OH is 3. The fourth-order valence-corrected chi connectivity index (χ4v) is 0.875. The van der Waals surface area contributed by atoms with Crippen LogP contribution in [-0.2, 0) is 0 Å². The van der Waals surface area contributed by atoms with Crippen molar-refractivity contribution in [2.75, 3.05) is 6.54 Å². The van der Waals surface area contributed by atoms with Crippen LogP contribution in [-0.4, -0.2) is 45.9 Å². The molecule has 5 heteroatoms. The van der Waals surface area contributed by atoms with E-state index in [-0.39, 0.29) is 18.2 Å². The fraction of sp³-hybridized carbons (Fsp3) is 0.875. The van der Waals surface area contributed by atoms with Crippen LogP contribution in [0.15, 0.2) is 0 Å². The average molecular weight is 190 g/mol. The smallest absolute Gasteiger partial charge is 0.120 e. The molecule has 6 N–H and O–H groups in total. The van der Waals surface area contributed by atoms with Gasteiger partial charge in [0.15, 0.2) is 0 Å². The SMILES string of the molecule is CC(C)C(=N)[C@@H](O)C(O)C(O)CN. The zero-order chi connectivity index (χ0) is 10.6. The Morgan fingerprint density at radius 1 is 1.31 bits per heavy atom. The van der Waals surface area contributed by atoms with Crippen molar-refractivity contribution in [2.45, 2.75) is 32.2 Å². The molecule has 0 saturated carbocycles. The van der Waals surface area contributed by atoms with Gasteiger partial charge in [0.25, 0.3) is 0 Å². The largest absolute Gasteiger partial charge is 0.389 e. The van der Waals surface area contributed by atoms with Crippen LogP contribution in [0.3, 0.4) is 0 Å². The molecule has 0 aliphatic rings. The van der Waals surface area contributed by atoms with Crippen molar-refractivity contribution in [1.82, 2.24) is 0 Å². The second-order valence-electron chi connectivity index (χ2n) is 3.35. The molecule has 0 saturated heterocycles. The van der Waals surface area contributed by atoms with Gasteiger partial charge in [-0.05, 0) is 5.92 Å². The molecule has 0 aliphatic heterocycles. The van der Waals surface area contributed by atoms with E-state index >= 15 is 0 Å². The van der Waals surface area contributed by atoms with E-state index in [9.17, 15) is 10.2 Å². The highest BCUT2D eigenvalue weighted by Crippen LogP contribution is 2.07. The zero-order valence-electron chi connectivity index (χ0n) is 7.94. The molecular formula is C8H18N2O3. The molecule has 2 unspecified atom stereocenters. The molecule has 0 aromatic carbocycles. The monoisotopic (exact) mass is 190 g/mol. The Labute approximate surface area is 77.7 Å². The van der Waals surface area contributed by atoms with Crippen molar-refractivity contribution in [3.05, 3.63) is 0 Å². The van der Waals surface area contributed by atoms with Gasteiger partial charge in [0.05, 0.1) is 6.10 Å². The molecule has 0 amide bonds. The minimum absolute atomic E-state index is 0. The Morgan fingerprint density at radius 2 is 1.77 bits per heavy atom. The van der Waals surface area contributed by atoms with Gasteiger partial charge in [-0.15, -0.1) is 0 Å². The van der Waals surface area contributed by atoms with Crippen LogP contribution < -0.4 is 5.73 Å². The molecule has 0 bridgehead atoms. The van der Waals surface area contributed by atoms with Gasteiger partial charge in [0, 0.05) is 12.3 Å². The molecule has 0 aromatic heterocycles. The lowest BCUT2D eigenvalue weighted by molar-refractivity contribution is -0.0312. The van der Waals surface area contributed by atoms with Crippen LogP contribution in [0.1, 0.15) is 13.8 Å². The van der Waals surface area contributed by atoms with Crippen molar-refractivity contribution in [3.8, 4) is 0 Å². The number of nitrogens with two attached hydrogens (primary N) is 1. The van der Waals surface area contributed by atoms with E-state index in [2.05, 4.69) is 0 Å². The number of hydrogen-bond donors (Lipinski definition) is 5. The predicted molar refractivity (Wildman–Crippen MR) is 49.6 cm³/mol. The third-order valence-electron chi connectivity index (χ3n) is 1.90. The second kappa shape index (κ2) is 5.29. The van der Waals surface area contributed by atoms with Crippen molar-refractivity contribution in [3.63, 3.8) is 0 Å². The molecule has 78 valence electrons. The van der Waals surface area contributed by atoms with Crippen molar-refractivity contribution in [2.24, 2.45) is 11.7 Å². The molecule has 0 aromatic rings. The number of rotatable bonds is 5. The van der Waals surface area contributed by atoms with E-state index in [1.165, 1.54) is 0 Å². The molecule has 0 fully saturated rings. The van der Waals surface area contributed by atoms with Crippen LogP contribution in [0.25, 0.3) is 0 Å². The number of hydrogen-bond acceptors (Lipinski definition) is 5. The van der Waals surface area contributed by atoms with Crippen LogP contribution in [0, 0.1) is 11.3 Å². The highest BCUT2D eigenvalue weighted by Gasteiger charge is 2.27. The van der Waals surface area contributed by atoms with Crippen LogP contribution >= 0.6 is 0 Å². The summed E-state index contributed by atoms with van der Waals surface area (Å²) < 4.78 is 0. The second-order valence-corrected chi connectivity index (χ2v) is 3.35. The van der Waals surface area contributed by atoms with E-state index < -0.39 is 18.3 Å². The molecule has 0 radical (unpaired) electrons. The lowest BCUT2D eigenvalue weighted by Crippen LogP contribution is -2.46. The number of nitrogens with one attached hydrogen (secondary N) is 1. The lowest BCUT2D eigenvalue weighted by atomic mass is 9.96. The third-order valence-corrected chi connectivity index (χ3v) is 1.90. The minimum atomic E-state index is -1.38. The van der Waals surface area contributed by atoms with E-state index in [4.69, 9.17) is 16.2 Å². The van der Waals surface area contributed by atoms with Crippen LogP contribution in [0.2, 0.25) is 0 Å². The maximum Gasteiger partial charge on any atom is 0.120 e. The van der Waals surface area contributed by atoms with Gasteiger partial charge in [-0.1, -0.05) is 13.8 Å². The van der Waals surface area contributed by atoms with Crippen LogP contribution in [0.4, 0.5) is 0 Å². The first kappa shape index (κ1) is 12.5. The predicted octanol–water partition coefficient (Wildman–Crippen LogP) is -1.30.